The largest absolute Gasteiger partial charge is 0.379 e. The van der Waals surface area contributed by atoms with Gasteiger partial charge in [0.1, 0.15) is 0 Å². The number of hydrogen-bond donors (Lipinski definition) is 1. The van der Waals surface area contributed by atoms with Gasteiger partial charge in [-0.05, 0) is 12.8 Å². The van der Waals surface area contributed by atoms with E-state index >= 15 is 0 Å². The van der Waals surface area contributed by atoms with E-state index in [0.29, 0.717) is 0 Å². The number of hydrogen-bond acceptors (Lipinski definition) is 5. The fraction of sp³-hybridized carbons (Fsp3) is 0.786. The molecular formula is C14H23N3OS. The van der Waals surface area contributed by atoms with Gasteiger partial charge < -0.3 is 10.5 Å². The fourth-order valence-corrected chi connectivity index (χ4v) is 4.33. The van der Waals surface area contributed by atoms with Crippen LogP contribution in [0.4, 0.5) is 0 Å². The predicted molar refractivity (Wildman–Crippen MR) is 77.4 cm³/mol. The number of nitrogens with two attached hydrogens (primary N) is 1. The summed E-state index contributed by atoms with van der Waals surface area (Å²) < 4.78 is 5.50. The molecule has 1 saturated heterocycles. The minimum atomic E-state index is 0.190. The lowest BCUT2D eigenvalue weighted by atomic mass is 9.84. The number of aromatic nitrogens is 1. The molecule has 0 bridgehead atoms. The van der Waals surface area contributed by atoms with Crippen LogP contribution in [0.3, 0.4) is 0 Å². The minimum absolute atomic E-state index is 0.190. The highest BCUT2D eigenvalue weighted by Gasteiger charge is 2.44. The average molecular weight is 281 g/mol. The Balaban J connectivity index is 1.75. The summed E-state index contributed by atoms with van der Waals surface area (Å²) in [6, 6.07) is 0.194. The highest BCUT2D eigenvalue weighted by Crippen LogP contribution is 2.39. The molecular weight excluding hydrogens is 258 g/mol. The molecule has 1 aromatic rings. The molecule has 1 atom stereocenters. The summed E-state index contributed by atoms with van der Waals surface area (Å²) in [7, 11) is 0. The monoisotopic (exact) mass is 281 g/mol. The number of rotatable bonds is 4. The molecule has 2 aliphatic rings. The van der Waals surface area contributed by atoms with Crippen LogP contribution in [0.15, 0.2) is 11.6 Å². The zero-order valence-corrected chi connectivity index (χ0v) is 12.2. The molecule has 4 nitrogen and oxygen atoms in total. The van der Waals surface area contributed by atoms with E-state index in [1.54, 1.807) is 11.3 Å². The van der Waals surface area contributed by atoms with Crippen molar-refractivity contribution in [1.29, 1.82) is 0 Å². The molecule has 2 heterocycles. The molecule has 1 saturated carbocycles. The van der Waals surface area contributed by atoms with Gasteiger partial charge in [-0.25, -0.2) is 4.98 Å². The maximum atomic E-state index is 6.62. The van der Waals surface area contributed by atoms with E-state index in [0.717, 1.165) is 32.7 Å². The summed E-state index contributed by atoms with van der Waals surface area (Å²) >= 11 is 1.72. The van der Waals surface area contributed by atoms with Crippen molar-refractivity contribution >= 4 is 11.3 Å². The van der Waals surface area contributed by atoms with E-state index in [2.05, 4.69) is 9.88 Å². The van der Waals surface area contributed by atoms with E-state index < -0.39 is 0 Å². The Morgan fingerprint density at radius 3 is 2.74 bits per heavy atom. The first-order valence-electron chi connectivity index (χ1n) is 7.28. The molecule has 5 heteroatoms. The molecule has 2 N–H and O–H groups in total. The van der Waals surface area contributed by atoms with Crippen LogP contribution in [0.25, 0.3) is 0 Å². The van der Waals surface area contributed by atoms with Crippen molar-refractivity contribution in [2.45, 2.75) is 43.7 Å². The molecule has 0 aromatic carbocycles. The molecule has 0 radical (unpaired) electrons. The number of thiazole rings is 1. The standard InChI is InChI=1S/C14H23N3OS/c15-12(11-13-16-5-10-19-13)14(3-1-2-4-14)17-6-8-18-9-7-17/h5,10,12H,1-4,6-9,11,15H2. The van der Waals surface area contributed by atoms with Gasteiger partial charge in [0, 0.05) is 42.7 Å². The lowest BCUT2D eigenvalue weighted by molar-refractivity contribution is -0.0305. The van der Waals surface area contributed by atoms with Crippen molar-refractivity contribution in [3.05, 3.63) is 16.6 Å². The summed E-state index contributed by atoms with van der Waals surface area (Å²) in [6.45, 7) is 3.77. The normalized spacial score (nSPS) is 25.5. The summed E-state index contributed by atoms with van der Waals surface area (Å²) in [5.41, 5.74) is 6.81. The maximum Gasteiger partial charge on any atom is 0.0940 e. The zero-order valence-electron chi connectivity index (χ0n) is 11.4. The van der Waals surface area contributed by atoms with Gasteiger partial charge in [0.2, 0.25) is 0 Å². The number of morpholine rings is 1. The molecule has 1 aliphatic carbocycles. The quantitative estimate of drug-likeness (QED) is 0.912. The Bertz CT molecular complexity index is 383. The van der Waals surface area contributed by atoms with Crippen molar-refractivity contribution in [2.24, 2.45) is 5.73 Å². The van der Waals surface area contributed by atoms with Gasteiger partial charge in [-0.3, -0.25) is 4.90 Å². The Kier molecular flexibility index (Phi) is 4.17. The fourth-order valence-electron chi connectivity index (χ4n) is 3.65. The smallest absolute Gasteiger partial charge is 0.0940 e. The topological polar surface area (TPSA) is 51.4 Å². The van der Waals surface area contributed by atoms with E-state index in [4.69, 9.17) is 10.5 Å². The second-order valence-corrected chi connectivity index (χ2v) is 6.63. The van der Waals surface area contributed by atoms with E-state index in [1.165, 1.54) is 30.7 Å². The lowest BCUT2D eigenvalue weighted by Crippen LogP contribution is -2.61. The third-order valence-corrected chi connectivity index (χ3v) is 5.48. The Morgan fingerprint density at radius 1 is 1.37 bits per heavy atom. The molecule has 0 spiro atoms. The molecule has 2 fully saturated rings. The van der Waals surface area contributed by atoms with Crippen LogP contribution >= 0.6 is 11.3 Å². The second kappa shape index (κ2) is 5.87. The van der Waals surface area contributed by atoms with Gasteiger partial charge in [-0.1, -0.05) is 12.8 Å². The van der Waals surface area contributed by atoms with Gasteiger partial charge in [-0.2, -0.15) is 0 Å². The highest BCUT2D eigenvalue weighted by molar-refractivity contribution is 7.09. The van der Waals surface area contributed by atoms with Crippen LogP contribution in [-0.4, -0.2) is 47.8 Å². The van der Waals surface area contributed by atoms with Crippen LogP contribution in [-0.2, 0) is 11.2 Å². The minimum Gasteiger partial charge on any atom is -0.379 e. The Hall–Kier alpha value is -0.490. The van der Waals surface area contributed by atoms with Crippen LogP contribution in [0.5, 0.6) is 0 Å². The first-order valence-corrected chi connectivity index (χ1v) is 8.16. The highest BCUT2D eigenvalue weighted by atomic mass is 32.1. The maximum absolute atomic E-state index is 6.62. The van der Waals surface area contributed by atoms with Crippen molar-refractivity contribution in [2.75, 3.05) is 26.3 Å². The Labute approximate surface area is 119 Å². The summed E-state index contributed by atoms with van der Waals surface area (Å²) in [6.07, 6.45) is 7.88. The van der Waals surface area contributed by atoms with Crippen molar-refractivity contribution in [3.8, 4) is 0 Å². The SMILES string of the molecule is NC(Cc1nccs1)C1(N2CCOCC2)CCCC1. The summed E-state index contributed by atoms with van der Waals surface area (Å²) in [4.78, 5) is 7.00. The zero-order chi connectivity index (χ0) is 13.1. The predicted octanol–water partition coefficient (Wildman–Crippen LogP) is 1.66. The average Bonchev–Trinajstić information content (AvgIpc) is 3.11. The van der Waals surface area contributed by atoms with Crippen molar-refractivity contribution in [1.82, 2.24) is 9.88 Å². The van der Waals surface area contributed by atoms with Crippen molar-refractivity contribution in [3.63, 3.8) is 0 Å². The van der Waals surface area contributed by atoms with Gasteiger partial charge >= 0.3 is 0 Å². The van der Waals surface area contributed by atoms with Crippen LogP contribution in [0.1, 0.15) is 30.7 Å². The molecule has 1 aliphatic heterocycles. The first kappa shape index (κ1) is 13.5. The molecule has 1 unspecified atom stereocenters. The van der Waals surface area contributed by atoms with Crippen LogP contribution in [0, 0.1) is 0 Å². The van der Waals surface area contributed by atoms with Gasteiger partial charge in [0.15, 0.2) is 0 Å². The van der Waals surface area contributed by atoms with E-state index in [-0.39, 0.29) is 11.6 Å². The third-order valence-electron chi connectivity index (χ3n) is 4.68. The molecule has 1 aromatic heterocycles. The van der Waals surface area contributed by atoms with Crippen LogP contribution in [0.2, 0.25) is 0 Å². The molecule has 0 amide bonds. The third kappa shape index (κ3) is 2.70. The second-order valence-electron chi connectivity index (χ2n) is 5.65. The lowest BCUT2D eigenvalue weighted by Gasteiger charge is -2.47. The van der Waals surface area contributed by atoms with E-state index in [9.17, 15) is 0 Å². The molecule has 3 rings (SSSR count). The summed E-state index contributed by atoms with van der Waals surface area (Å²) in [5, 5.41) is 3.21. The van der Waals surface area contributed by atoms with Gasteiger partial charge in [0.25, 0.3) is 0 Å². The van der Waals surface area contributed by atoms with Gasteiger partial charge in [0.05, 0.1) is 18.2 Å². The van der Waals surface area contributed by atoms with Crippen LogP contribution < -0.4 is 5.73 Å². The first-order chi connectivity index (χ1) is 9.31. The number of ether oxygens (including phenoxy) is 1. The van der Waals surface area contributed by atoms with Crippen molar-refractivity contribution < 1.29 is 4.74 Å². The van der Waals surface area contributed by atoms with Gasteiger partial charge in [-0.15, -0.1) is 11.3 Å². The summed E-state index contributed by atoms with van der Waals surface area (Å²) in [5.74, 6) is 0. The number of nitrogens with zero attached hydrogens (tertiary/aromatic N) is 2. The Morgan fingerprint density at radius 2 is 2.11 bits per heavy atom. The van der Waals surface area contributed by atoms with E-state index in [1.807, 2.05) is 11.6 Å². The molecule has 106 valence electrons. The molecule has 19 heavy (non-hydrogen) atoms.